The number of aromatic nitrogens is 1. The second kappa shape index (κ2) is 5.82. The van der Waals surface area contributed by atoms with Crippen LogP contribution in [-0.4, -0.2) is 15.6 Å². The Hall–Kier alpha value is -2.31. The van der Waals surface area contributed by atoms with Crippen LogP contribution in [0.1, 0.15) is 4.88 Å². The van der Waals surface area contributed by atoms with Gasteiger partial charge in [-0.15, -0.1) is 17.9 Å². The van der Waals surface area contributed by atoms with E-state index in [1.54, 1.807) is 28.9 Å². The fourth-order valence-corrected chi connectivity index (χ4v) is 3.43. The molecule has 110 valence electrons. The van der Waals surface area contributed by atoms with Crippen molar-refractivity contribution in [3.05, 3.63) is 61.9 Å². The van der Waals surface area contributed by atoms with Crippen molar-refractivity contribution in [3.8, 4) is 5.88 Å². The Morgan fingerprint density at radius 3 is 2.95 bits per heavy atom. The van der Waals surface area contributed by atoms with Gasteiger partial charge >= 0.3 is 0 Å². The molecule has 0 saturated carbocycles. The van der Waals surface area contributed by atoms with Gasteiger partial charge in [-0.25, -0.2) is 4.99 Å². The van der Waals surface area contributed by atoms with Crippen LogP contribution in [0, 0.1) is 3.95 Å². The molecule has 4 nitrogen and oxygen atoms in total. The maximum Gasteiger partial charge on any atom is 0.277 e. The van der Waals surface area contributed by atoms with E-state index in [1.165, 1.54) is 11.3 Å². The van der Waals surface area contributed by atoms with Crippen LogP contribution in [0.2, 0.25) is 0 Å². The Labute approximate surface area is 135 Å². The van der Waals surface area contributed by atoms with Crippen LogP contribution in [0.3, 0.4) is 0 Å². The van der Waals surface area contributed by atoms with Gasteiger partial charge in [-0.05, 0) is 30.4 Å². The number of aromatic hydroxyl groups is 1. The Kier molecular flexibility index (Phi) is 3.87. The summed E-state index contributed by atoms with van der Waals surface area (Å²) in [6.07, 6.45) is 5.05. The van der Waals surface area contributed by atoms with E-state index in [-0.39, 0.29) is 11.8 Å². The molecule has 6 heteroatoms. The summed E-state index contributed by atoms with van der Waals surface area (Å²) in [4.78, 5) is 16.7. The quantitative estimate of drug-likeness (QED) is 0.534. The number of carbonyl (C=O) groups is 1. The smallest absolute Gasteiger partial charge is 0.277 e. The summed E-state index contributed by atoms with van der Waals surface area (Å²) >= 11 is 6.46. The van der Waals surface area contributed by atoms with Crippen LogP contribution >= 0.6 is 23.6 Å². The topological polar surface area (TPSA) is 54.6 Å². The summed E-state index contributed by atoms with van der Waals surface area (Å²) in [6.45, 7) is 4.06. The van der Waals surface area contributed by atoms with Crippen LogP contribution in [0.25, 0.3) is 12.2 Å². The number of thiazole rings is 1. The Morgan fingerprint density at radius 2 is 2.18 bits per heavy atom. The van der Waals surface area contributed by atoms with Gasteiger partial charge in [0.2, 0.25) is 5.88 Å². The predicted octanol–water partition coefficient (Wildman–Crippen LogP) is 2.19. The molecule has 1 aliphatic heterocycles. The first kappa shape index (κ1) is 14.6. The van der Waals surface area contributed by atoms with E-state index in [4.69, 9.17) is 12.2 Å². The number of hydrogen-bond acceptors (Lipinski definition) is 4. The minimum absolute atomic E-state index is 0.0439. The lowest BCUT2D eigenvalue weighted by Crippen LogP contribution is -2.29. The highest BCUT2D eigenvalue weighted by Gasteiger charge is 2.14. The molecule has 3 rings (SSSR count). The molecular formula is C16H12N2O2S2. The fraction of sp³-hybridized carbons (Fsp3) is 0.0625. The average Bonchev–Trinajstić information content (AvgIpc) is 2.76. The van der Waals surface area contributed by atoms with Crippen molar-refractivity contribution in [2.75, 3.05) is 0 Å². The number of allylic oxidation sites excluding steroid dienone is 1. The maximum atomic E-state index is 12.1. The van der Waals surface area contributed by atoms with Crippen molar-refractivity contribution in [1.29, 1.82) is 0 Å². The fourth-order valence-electron chi connectivity index (χ4n) is 2.16. The molecule has 0 saturated heterocycles. The lowest BCUT2D eigenvalue weighted by molar-refractivity contribution is -0.114. The third-order valence-corrected chi connectivity index (χ3v) is 4.59. The number of fused-ring (bicyclic) bond motifs is 1. The molecule has 0 atom stereocenters. The van der Waals surface area contributed by atoms with Crippen LogP contribution in [-0.2, 0) is 11.3 Å². The SMILES string of the molecule is C=CCn1c(O)c(/C=C2\C=c3ccccc3=NC2=O)sc1=S. The van der Waals surface area contributed by atoms with Gasteiger partial charge in [0, 0.05) is 17.3 Å². The number of nitrogens with zero attached hydrogens (tertiary/aromatic N) is 2. The van der Waals surface area contributed by atoms with Crippen molar-refractivity contribution in [2.45, 2.75) is 6.54 Å². The van der Waals surface area contributed by atoms with Crippen LogP contribution in [0.5, 0.6) is 5.88 Å². The minimum atomic E-state index is -0.326. The van der Waals surface area contributed by atoms with Crippen molar-refractivity contribution < 1.29 is 9.90 Å². The second-order valence-electron chi connectivity index (χ2n) is 4.67. The van der Waals surface area contributed by atoms with E-state index < -0.39 is 0 Å². The molecule has 1 aliphatic rings. The zero-order chi connectivity index (χ0) is 15.7. The lowest BCUT2D eigenvalue weighted by atomic mass is 10.1. The van der Waals surface area contributed by atoms with E-state index in [0.29, 0.717) is 26.3 Å². The normalized spacial score (nSPS) is 15.1. The van der Waals surface area contributed by atoms with Crippen molar-refractivity contribution in [3.63, 3.8) is 0 Å². The van der Waals surface area contributed by atoms with E-state index in [0.717, 1.165) is 5.22 Å². The zero-order valence-corrected chi connectivity index (χ0v) is 13.2. The third-order valence-electron chi connectivity index (χ3n) is 3.21. The number of hydrogen-bond donors (Lipinski definition) is 1. The van der Waals surface area contributed by atoms with Crippen LogP contribution < -0.4 is 10.6 Å². The summed E-state index contributed by atoms with van der Waals surface area (Å²) in [5.41, 5.74) is 0.427. The highest BCUT2D eigenvalue weighted by Crippen LogP contribution is 2.29. The zero-order valence-electron chi connectivity index (χ0n) is 11.5. The highest BCUT2D eigenvalue weighted by molar-refractivity contribution is 7.73. The summed E-state index contributed by atoms with van der Waals surface area (Å²) in [7, 11) is 0. The molecule has 22 heavy (non-hydrogen) atoms. The summed E-state index contributed by atoms with van der Waals surface area (Å²) in [5, 5.41) is 11.7. The number of rotatable bonds is 3. The van der Waals surface area contributed by atoms with Gasteiger partial charge in [0.25, 0.3) is 5.91 Å². The number of amides is 1. The molecule has 0 unspecified atom stereocenters. The Bertz CT molecular complexity index is 980. The number of benzene rings is 1. The van der Waals surface area contributed by atoms with Gasteiger partial charge in [-0.1, -0.05) is 24.3 Å². The summed E-state index contributed by atoms with van der Waals surface area (Å²) in [6, 6.07) is 7.41. The molecule has 1 aromatic heterocycles. The lowest BCUT2D eigenvalue weighted by Gasteiger charge is -2.03. The van der Waals surface area contributed by atoms with Crippen molar-refractivity contribution in [1.82, 2.24) is 4.57 Å². The maximum absolute atomic E-state index is 12.1. The standard InChI is InChI=1S/C16H12N2O2S2/c1-2-7-18-15(20)13(22-16(18)21)9-11-8-10-5-3-4-6-12(10)17-14(11)19/h2-6,8-9,20H,1,7H2/b11-9+. The monoisotopic (exact) mass is 328 g/mol. The van der Waals surface area contributed by atoms with E-state index in [9.17, 15) is 9.90 Å². The first-order chi connectivity index (χ1) is 10.6. The number of para-hydroxylation sites is 1. The number of carbonyl (C=O) groups excluding carboxylic acids is 1. The van der Waals surface area contributed by atoms with Gasteiger partial charge in [-0.3, -0.25) is 9.36 Å². The van der Waals surface area contributed by atoms with Crippen molar-refractivity contribution in [2.24, 2.45) is 4.99 Å². The van der Waals surface area contributed by atoms with Gasteiger partial charge in [0.05, 0.1) is 10.2 Å². The third kappa shape index (κ3) is 2.58. The predicted molar refractivity (Wildman–Crippen MR) is 89.7 cm³/mol. The molecule has 2 aromatic rings. The van der Waals surface area contributed by atoms with Crippen molar-refractivity contribution >= 4 is 41.6 Å². The minimum Gasteiger partial charge on any atom is -0.493 e. The van der Waals surface area contributed by atoms with Crippen LogP contribution in [0.15, 0.2) is 47.5 Å². The van der Waals surface area contributed by atoms with E-state index in [1.807, 2.05) is 18.2 Å². The van der Waals surface area contributed by atoms with Gasteiger partial charge in [-0.2, -0.15) is 0 Å². The molecule has 1 amide bonds. The van der Waals surface area contributed by atoms with Crippen LogP contribution in [0.4, 0.5) is 0 Å². The summed E-state index contributed by atoms with van der Waals surface area (Å²) < 4.78 is 2.10. The van der Waals surface area contributed by atoms with Gasteiger partial charge in [0.1, 0.15) is 0 Å². The van der Waals surface area contributed by atoms with Gasteiger partial charge in [0.15, 0.2) is 3.95 Å². The van der Waals surface area contributed by atoms with E-state index in [2.05, 4.69) is 11.6 Å². The Morgan fingerprint density at radius 1 is 1.41 bits per heavy atom. The molecule has 0 fully saturated rings. The summed E-state index contributed by atoms with van der Waals surface area (Å²) in [5.74, 6) is -0.282. The molecule has 0 radical (unpaired) electrons. The molecule has 1 aromatic carbocycles. The molecule has 1 N–H and O–H groups in total. The molecule has 0 bridgehead atoms. The Balaban J connectivity index is 2.13. The van der Waals surface area contributed by atoms with Gasteiger partial charge < -0.3 is 5.11 Å². The highest BCUT2D eigenvalue weighted by atomic mass is 32.1. The largest absolute Gasteiger partial charge is 0.493 e. The molecule has 0 aliphatic carbocycles. The van der Waals surface area contributed by atoms with E-state index >= 15 is 0 Å². The first-order valence-electron chi connectivity index (χ1n) is 6.55. The second-order valence-corrected chi connectivity index (χ2v) is 6.35. The molecule has 2 heterocycles. The first-order valence-corrected chi connectivity index (χ1v) is 7.77. The molecule has 0 spiro atoms. The average molecular weight is 328 g/mol. The molecular weight excluding hydrogens is 316 g/mol.